The summed E-state index contributed by atoms with van der Waals surface area (Å²) in [7, 11) is -7.14. The van der Waals surface area contributed by atoms with Crippen LogP contribution in [0.25, 0.3) is 0 Å². The molecule has 3 N–H and O–H groups in total. The predicted molar refractivity (Wildman–Crippen MR) is 79.3 cm³/mol. The third kappa shape index (κ3) is 4.26. The topological polar surface area (TPSA) is 130 Å². The highest BCUT2D eigenvalue weighted by atomic mass is 32.2. The van der Waals surface area contributed by atoms with Crippen molar-refractivity contribution in [1.82, 2.24) is 9.44 Å². The van der Waals surface area contributed by atoms with Crippen molar-refractivity contribution < 1.29 is 26.7 Å². The maximum atomic E-state index is 12.3. The molecule has 1 atom stereocenters. The third-order valence-electron chi connectivity index (χ3n) is 2.87. The first-order valence-electron chi connectivity index (χ1n) is 6.43. The number of carbonyl (C=O) groups is 1. The van der Waals surface area contributed by atoms with Gasteiger partial charge >= 0.3 is 5.97 Å². The highest BCUT2D eigenvalue weighted by molar-refractivity contribution is 7.92. The summed E-state index contributed by atoms with van der Waals surface area (Å²) in [6, 6.07) is 3.66. The Morgan fingerprint density at radius 3 is 2.05 bits per heavy atom. The fourth-order valence-electron chi connectivity index (χ4n) is 1.78. The molecule has 0 saturated heterocycles. The summed E-state index contributed by atoms with van der Waals surface area (Å²) in [6.45, 7) is 1.71. The van der Waals surface area contributed by atoms with Gasteiger partial charge < -0.3 is 5.11 Å². The van der Waals surface area contributed by atoms with Crippen LogP contribution in [0.2, 0.25) is 0 Å². The number of benzene rings is 1. The van der Waals surface area contributed by atoms with Crippen molar-refractivity contribution in [1.29, 1.82) is 0 Å². The summed E-state index contributed by atoms with van der Waals surface area (Å²) < 4.78 is 52.5. The van der Waals surface area contributed by atoms with Gasteiger partial charge in [0.15, 0.2) is 0 Å². The molecule has 1 aromatic rings. The van der Waals surface area contributed by atoms with Crippen LogP contribution in [0.15, 0.2) is 34.1 Å². The van der Waals surface area contributed by atoms with E-state index >= 15 is 0 Å². The molecule has 1 unspecified atom stereocenters. The van der Waals surface area contributed by atoms with E-state index in [2.05, 4.69) is 0 Å². The van der Waals surface area contributed by atoms with Crippen molar-refractivity contribution in [2.24, 2.45) is 0 Å². The number of hydrogen-bond acceptors (Lipinski definition) is 5. The lowest BCUT2D eigenvalue weighted by molar-refractivity contribution is -0.139. The van der Waals surface area contributed by atoms with Gasteiger partial charge in [0.1, 0.15) is 15.8 Å². The van der Waals surface area contributed by atoms with E-state index in [1.807, 2.05) is 9.44 Å². The van der Waals surface area contributed by atoms with Crippen molar-refractivity contribution in [3.05, 3.63) is 24.3 Å². The maximum absolute atomic E-state index is 12.3. The van der Waals surface area contributed by atoms with Crippen LogP contribution >= 0.6 is 0 Å². The molecule has 8 nitrogen and oxygen atoms in total. The minimum atomic E-state index is -4.30. The molecule has 1 aromatic carbocycles. The summed E-state index contributed by atoms with van der Waals surface area (Å²) in [4.78, 5) is 10.1. The van der Waals surface area contributed by atoms with Crippen molar-refractivity contribution in [2.75, 3.05) is 7.05 Å². The fourth-order valence-corrected chi connectivity index (χ4v) is 4.56. The van der Waals surface area contributed by atoms with Crippen molar-refractivity contribution in [3.8, 4) is 0 Å². The molecule has 0 aromatic heterocycles. The molecule has 22 heavy (non-hydrogen) atoms. The van der Waals surface area contributed by atoms with E-state index in [-0.39, 0.29) is 6.42 Å². The first kappa shape index (κ1) is 18.6. The van der Waals surface area contributed by atoms with Gasteiger partial charge in [-0.25, -0.2) is 21.6 Å². The van der Waals surface area contributed by atoms with Crippen molar-refractivity contribution in [3.63, 3.8) is 0 Å². The van der Waals surface area contributed by atoms with E-state index < -0.39 is 41.8 Å². The molecule has 0 bridgehead atoms. The first-order valence-corrected chi connectivity index (χ1v) is 9.40. The van der Waals surface area contributed by atoms with Gasteiger partial charge in [0, 0.05) is 0 Å². The lowest BCUT2D eigenvalue weighted by Crippen LogP contribution is -2.41. The summed E-state index contributed by atoms with van der Waals surface area (Å²) >= 11 is 0. The monoisotopic (exact) mass is 350 g/mol. The highest BCUT2D eigenvalue weighted by Gasteiger charge is 2.29. The number of aliphatic carboxylic acids is 1. The molecule has 0 aliphatic carbocycles. The SMILES string of the molecule is CCCC(NS(=O)(=O)c1ccccc1S(=O)(=O)NC)C(=O)O. The summed E-state index contributed by atoms with van der Waals surface area (Å²) in [5.41, 5.74) is 0. The van der Waals surface area contributed by atoms with Crippen LogP contribution in [-0.4, -0.2) is 41.0 Å². The van der Waals surface area contributed by atoms with Gasteiger partial charge in [-0.15, -0.1) is 0 Å². The zero-order valence-corrected chi connectivity index (χ0v) is 13.7. The van der Waals surface area contributed by atoms with Crippen LogP contribution < -0.4 is 9.44 Å². The summed E-state index contributed by atoms with van der Waals surface area (Å²) in [5, 5.41) is 9.03. The Bertz CT molecular complexity index is 743. The second-order valence-electron chi connectivity index (χ2n) is 4.46. The maximum Gasteiger partial charge on any atom is 0.321 e. The lowest BCUT2D eigenvalue weighted by atomic mass is 10.2. The van der Waals surface area contributed by atoms with Crippen molar-refractivity contribution in [2.45, 2.75) is 35.6 Å². The van der Waals surface area contributed by atoms with Crippen LogP contribution in [0.5, 0.6) is 0 Å². The molecule has 1 rings (SSSR count). The minimum absolute atomic E-state index is 0.0928. The number of rotatable bonds is 8. The molecular formula is C12H18N2O6S2. The van der Waals surface area contributed by atoms with E-state index in [0.29, 0.717) is 6.42 Å². The van der Waals surface area contributed by atoms with E-state index in [4.69, 9.17) is 5.11 Å². The normalized spacial score (nSPS) is 13.7. The van der Waals surface area contributed by atoms with Crippen LogP contribution in [-0.2, 0) is 24.8 Å². The molecule has 0 fully saturated rings. The van der Waals surface area contributed by atoms with E-state index in [0.717, 1.165) is 19.2 Å². The molecular weight excluding hydrogens is 332 g/mol. The molecule has 0 amide bonds. The molecule has 0 radical (unpaired) electrons. The summed E-state index contributed by atoms with van der Waals surface area (Å²) in [6.07, 6.45) is 0.547. The quantitative estimate of drug-likeness (QED) is 0.611. The van der Waals surface area contributed by atoms with Crippen LogP contribution in [0.1, 0.15) is 19.8 Å². The number of carboxylic acids is 1. The van der Waals surface area contributed by atoms with Gasteiger partial charge in [0.2, 0.25) is 20.0 Å². The second-order valence-corrected chi connectivity index (χ2v) is 7.99. The molecule has 0 aliphatic heterocycles. The third-order valence-corrected chi connectivity index (χ3v) is 6.00. The number of carboxylic acid groups (broad SMARTS) is 1. The predicted octanol–water partition coefficient (Wildman–Crippen LogP) is 0.126. The molecule has 0 aliphatic rings. The molecule has 0 saturated carbocycles. The number of hydrogen-bond donors (Lipinski definition) is 3. The van der Waals surface area contributed by atoms with Gasteiger partial charge in [0.25, 0.3) is 0 Å². The van der Waals surface area contributed by atoms with Crippen molar-refractivity contribution >= 4 is 26.0 Å². The molecule has 124 valence electrons. The Hall–Kier alpha value is -1.49. The first-order chi connectivity index (χ1) is 10.2. The van der Waals surface area contributed by atoms with Gasteiger partial charge in [-0.2, -0.15) is 4.72 Å². The zero-order valence-electron chi connectivity index (χ0n) is 12.1. The molecule has 0 spiro atoms. The van der Waals surface area contributed by atoms with Crippen LogP contribution in [0, 0.1) is 0 Å². The van der Waals surface area contributed by atoms with Gasteiger partial charge in [-0.1, -0.05) is 25.5 Å². The number of nitrogens with one attached hydrogen (secondary N) is 2. The van der Waals surface area contributed by atoms with E-state index in [1.165, 1.54) is 12.1 Å². The second kappa shape index (κ2) is 7.18. The fraction of sp³-hybridized carbons (Fsp3) is 0.417. The largest absolute Gasteiger partial charge is 0.480 e. The zero-order chi connectivity index (χ0) is 17.0. The minimum Gasteiger partial charge on any atom is -0.480 e. The van der Waals surface area contributed by atoms with Crippen LogP contribution in [0.4, 0.5) is 0 Å². The average molecular weight is 350 g/mol. The van der Waals surface area contributed by atoms with Gasteiger partial charge in [-0.05, 0) is 25.6 Å². The van der Waals surface area contributed by atoms with Gasteiger partial charge in [-0.3, -0.25) is 4.79 Å². The highest BCUT2D eigenvalue weighted by Crippen LogP contribution is 2.20. The van der Waals surface area contributed by atoms with E-state index in [9.17, 15) is 21.6 Å². The smallest absolute Gasteiger partial charge is 0.321 e. The Balaban J connectivity index is 3.33. The number of sulfonamides is 2. The average Bonchev–Trinajstić information content (AvgIpc) is 2.46. The van der Waals surface area contributed by atoms with Crippen LogP contribution in [0.3, 0.4) is 0 Å². The van der Waals surface area contributed by atoms with E-state index in [1.54, 1.807) is 6.92 Å². The Morgan fingerprint density at radius 2 is 1.64 bits per heavy atom. The lowest BCUT2D eigenvalue weighted by Gasteiger charge is -2.16. The molecule has 10 heteroatoms. The summed E-state index contributed by atoms with van der Waals surface area (Å²) in [5.74, 6) is -1.32. The Kier molecular flexibility index (Phi) is 6.06. The standard InChI is InChI=1S/C12H18N2O6S2/c1-3-6-9(12(15)16)14-22(19,20)11-8-5-4-7-10(11)21(17,18)13-2/h4-5,7-9,13-14H,3,6H2,1-2H3,(H,15,16). The Labute approximate surface area is 129 Å². The van der Waals surface area contributed by atoms with Gasteiger partial charge in [0.05, 0.1) is 0 Å². The molecule has 0 heterocycles. The Morgan fingerprint density at radius 1 is 1.14 bits per heavy atom.